The third-order valence-electron chi connectivity index (χ3n) is 3.58. The van der Waals surface area contributed by atoms with Crippen molar-refractivity contribution >= 4 is 5.91 Å². The SMILES string of the molecule is Cc1cc(C)cc(OCCC(=O)NCc2ccc(OC(C)C)cc2)c1. The molecule has 4 heteroatoms. The van der Waals surface area contributed by atoms with Crippen molar-refractivity contribution in [3.8, 4) is 11.5 Å². The molecule has 0 saturated carbocycles. The molecule has 2 rings (SSSR count). The van der Waals surface area contributed by atoms with Gasteiger partial charge in [-0.25, -0.2) is 0 Å². The molecule has 0 radical (unpaired) electrons. The standard InChI is InChI=1S/C21H27NO3/c1-15(2)25-19-7-5-18(6-8-19)14-22-21(23)9-10-24-20-12-16(3)11-17(4)13-20/h5-8,11-13,15H,9-10,14H2,1-4H3,(H,22,23). The van der Waals surface area contributed by atoms with Gasteiger partial charge in [0.2, 0.25) is 5.91 Å². The number of rotatable bonds is 8. The number of aryl methyl sites for hydroxylation is 2. The molecule has 0 unspecified atom stereocenters. The number of carbonyl (C=O) groups excluding carboxylic acids is 1. The fraction of sp³-hybridized carbons (Fsp3) is 0.381. The lowest BCUT2D eigenvalue weighted by molar-refractivity contribution is -0.121. The first-order valence-corrected chi connectivity index (χ1v) is 8.66. The summed E-state index contributed by atoms with van der Waals surface area (Å²) in [4.78, 5) is 11.9. The molecule has 25 heavy (non-hydrogen) atoms. The Hall–Kier alpha value is -2.49. The lowest BCUT2D eigenvalue weighted by Crippen LogP contribution is -2.24. The smallest absolute Gasteiger partial charge is 0.223 e. The monoisotopic (exact) mass is 341 g/mol. The Morgan fingerprint density at radius 2 is 1.64 bits per heavy atom. The summed E-state index contributed by atoms with van der Waals surface area (Å²) >= 11 is 0. The highest BCUT2D eigenvalue weighted by atomic mass is 16.5. The van der Waals surface area contributed by atoms with Crippen LogP contribution in [0, 0.1) is 13.8 Å². The van der Waals surface area contributed by atoms with E-state index in [4.69, 9.17) is 9.47 Å². The summed E-state index contributed by atoms with van der Waals surface area (Å²) in [5, 5.41) is 2.91. The van der Waals surface area contributed by atoms with Gasteiger partial charge in [-0.2, -0.15) is 0 Å². The summed E-state index contributed by atoms with van der Waals surface area (Å²) in [5.74, 6) is 1.63. The highest BCUT2D eigenvalue weighted by Crippen LogP contribution is 2.16. The molecule has 0 heterocycles. The van der Waals surface area contributed by atoms with Crippen molar-refractivity contribution in [1.82, 2.24) is 5.32 Å². The first-order valence-electron chi connectivity index (χ1n) is 8.66. The van der Waals surface area contributed by atoms with Gasteiger partial charge in [0.1, 0.15) is 11.5 Å². The van der Waals surface area contributed by atoms with E-state index in [2.05, 4.69) is 11.4 Å². The number of hydrogen-bond donors (Lipinski definition) is 1. The molecule has 0 bridgehead atoms. The van der Waals surface area contributed by atoms with Gasteiger partial charge in [-0.05, 0) is 68.7 Å². The van der Waals surface area contributed by atoms with Gasteiger partial charge in [-0.1, -0.05) is 18.2 Å². The Labute approximate surface area is 150 Å². The predicted octanol–water partition coefficient (Wildman–Crippen LogP) is 4.18. The van der Waals surface area contributed by atoms with E-state index in [1.54, 1.807) is 0 Å². The molecule has 0 aliphatic carbocycles. The van der Waals surface area contributed by atoms with E-state index in [1.807, 2.05) is 64.1 Å². The van der Waals surface area contributed by atoms with Gasteiger partial charge in [0.25, 0.3) is 0 Å². The van der Waals surface area contributed by atoms with Gasteiger partial charge >= 0.3 is 0 Å². The predicted molar refractivity (Wildman–Crippen MR) is 100 cm³/mol. The number of hydrogen-bond acceptors (Lipinski definition) is 3. The summed E-state index contributed by atoms with van der Waals surface area (Å²) in [6.07, 6.45) is 0.490. The van der Waals surface area contributed by atoms with Crippen molar-refractivity contribution in [2.24, 2.45) is 0 Å². The number of nitrogens with one attached hydrogen (secondary N) is 1. The summed E-state index contributed by atoms with van der Waals surface area (Å²) < 4.78 is 11.3. The highest BCUT2D eigenvalue weighted by Gasteiger charge is 2.04. The molecule has 134 valence electrons. The lowest BCUT2D eigenvalue weighted by Gasteiger charge is -2.11. The van der Waals surface area contributed by atoms with Crippen LogP contribution in [0.4, 0.5) is 0 Å². The van der Waals surface area contributed by atoms with Crippen molar-refractivity contribution in [2.75, 3.05) is 6.61 Å². The minimum absolute atomic E-state index is 0.0214. The Bertz CT molecular complexity index is 673. The molecule has 2 aromatic rings. The topological polar surface area (TPSA) is 47.6 Å². The van der Waals surface area contributed by atoms with E-state index in [1.165, 1.54) is 0 Å². The second-order valence-electron chi connectivity index (χ2n) is 6.51. The van der Waals surface area contributed by atoms with Gasteiger partial charge in [-0.3, -0.25) is 4.79 Å². The molecule has 0 aromatic heterocycles. The van der Waals surface area contributed by atoms with E-state index in [-0.39, 0.29) is 12.0 Å². The van der Waals surface area contributed by atoms with Crippen LogP contribution in [0.5, 0.6) is 11.5 Å². The van der Waals surface area contributed by atoms with E-state index < -0.39 is 0 Å². The van der Waals surface area contributed by atoms with Crippen molar-refractivity contribution < 1.29 is 14.3 Å². The zero-order chi connectivity index (χ0) is 18.2. The zero-order valence-electron chi connectivity index (χ0n) is 15.5. The van der Waals surface area contributed by atoms with Crippen molar-refractivity contribution in [3.63, 3.8) is 0 Å². The average molecular weight is 341 g/mol. The van der Waals surface area contributed by atoms with E-state index in [9.17, 15) is 4.79 Å². The maximum absolute atomic E-state index is 11.9. The van der Waals surface area contributed by atoms with Gasteiger partial charge < -0.3 is 14.8 Å². The molecular formula is C21H27NO3. The zero-order valence-corrected chi connectivity index (χ0v) is 15.5. The highest BCUT2D eigenvalue weighted by molar-refractivity contribution is 5.76. The van der Waals surface area contributed by atoms with Crippen LogP contribution in [0.2, 0.25) is 0 Å². The van der Waals surface area contributed by atoms with Gasteiger partial charge in [-0.15, -0.1) is 0 Å². The number of amides is 1. The maximum atomic E-state index is 11.9. The molecule has 0 aliphatic heterocycles. The summed E-state index contributed by atoms with van der Waals surface area (Å²) in [6.45, 7) is 8.93. The Morgan fingerprint density at radius 3 is 2.24 bits per heavy atom. The first kappa shape index (κ1) is 18.8. The van der Waals surface area contributed by atoms with Crippen molar-refractivity contribution in [2.45, 2.75) is 46.8 Å². The first-order chi connectivity index (χ1) is 11.9. The third kappa shape index (κ3) is 6.87. The Kier molecular flexibility index (Phi) is 6.87. The lowest BCUT2D eigenvalue weighted by atomic mass is 10.1. The molecule has 0 fully saturated rings. The summed E-state index contributed by atoms with van der Waals surface area (Å²) in [7, 11) is 0. The molecule has 1 N–H and O–H groups in total. The molecular weight excluding hydrogens is 314 g/mol. The molecule has 0 spiro atoms. The van der Waals surface area contributed by atoms with Crippen LogP contribution in [0.25, 0.3) is 0 Å². The fourth-order valence-corrected chi connectivity index (χ4v) is 2.52. The second-order valence-corrected chi connectivity index (χ2v) is 6.51. The molecule has 1 amide bonds. The number of ether oxygens (including phenoxy) is 2. The fourth-order valence-electron chi connectivity index (χ4n) is 2.52. The van der Waals surface area contributed by atoms with Crippen molar-refractivity contribution in [3.05, 3.63) is 59.2 Å². The van der Waals surface area contributed by atoms with Crippen molar-refractivity contribution in [1.29, 1.82) is 0 Å². The maximum Gasteiger partial charge on any atom is 0.223 e. The third-order valence-corrected chi connectivity index (χ3v) is 3.58. The van der Waals surface area contributed by atoms with Gasteiger partial charge in [0.15, 0.2) is 0 Å². The average Bonchev–Trinajstić information content (AvgIpc) is 2.53. The van der Waals surface area contributed by atoms with E-state index >= 15 is 0 Å². The molecule has 0 saturated heterocycles. The van der Waals surface area contributed by atoms with Crippen LogP contribution < -0.4 is 14.8 Å². The van der Waals surface area contributed by atoms with Gasteiger partial charge in [0, 0.05) is 6.54 Å². The van der Waals surface area contributed by atoms with E-state index in [0.29, 0.717) is 19.6 Å². The van der Waals surface area contributed by atoms with Crippen LogP contribution in [0.15, 0.2) is 42.5 Å². The van der Waals surface area contributed by atoms with Crippen LogP contribution in [0.3, 0.4) is 0 Å². The molecule has 0 atom stereocenters. The minimum atomic E-state index is -0.0214. The molecule has 2 aromatic carbocycles. The van der Waals surface area contributed by atoms with Crippen LogP contribution in [0.1, 0.15) is 37.0 Å². The number of carbonyl (C=O) groups is 1. The Morgan fingerprint density at radius 1 is 1.00 bits per heavy atom. The largest absolute Gasteiger partial charge is 0.493 e. The van der Waals surface area contributed by atoms with Gasteiger partial charge in [0.05, 0.1) is 19.1 Å². The minimum Gasteiger partial charge on any atom is -0.493 e. The molecule has 4 nitrogen and oxygen atoms in total. The molecule has 0 aliphatic rings. The summed E-state index contributed by atoms with van der Waals surface area (Å²) in [6, 6.07) is 13.8. The van der Waals surface area contributed by atoms with Crippen LogP contribution in [-0.2, 0) is 11.3 Å². The Balaban J connectivity index is 1.71. The van der Waals surface area contributed by atoms with Crippen LogP contribution >= 0.6 is 0 Å². The number of benzene rings is 2. The quantitative estimate of drug-likeness (QED) is 0.784. The van der Waals surface area contributed by atoms with E-state index in [0.717, 1.165) is 28.2 Å². The second kappa shape index (κ2) is 9.11. The van der Waals surface area contributed by atoms with Crippen LogP contribution in [-0.4, -0.2) is 18.6 Å². The summed E-state index contributed by atoms with van der Waals surface area (Å²) in [5.41, 5.74) is 3.35. The normalized spacial score (nSPS) is 10.6.